The number of carboxylic acid groups (broad SMARTS) is 1. The summed E-state index contributed by atoms with van der Waals surface area (Å²) >= 11 is 0. The van der Waals surface area contributed by atoms with Crippen molar-refractivity contribution in [3.05, 3.63) is 47.2 Å². The molecule has 7 nitrogen and oxygen atoms in total. The zero-order valence-corrected chi connectivity index (χ0v) is 13.1. The molecule has 0 saturated heterocycles. The van der Waals surface area contributed by atoms with E-state index in [1.54, 1.807) is 0 Å². The van der Waals surface area contributed by atoms with Crippen molar-refractivity contribution in [3.63, 3.8) is 0 Å². The van der Waals surface area contributed by atoms with Gasteiger partial charge in [0, 0.05) is 18.7 Å². The standard InChI is InChI=1S/C14H14FNO6S/c1-8-13(6-12(22-8)14(17)18)23(19,20)16-11-4-3-10(15)5-9(11)7-21-2/h3-6,16H,7H2,1-2H3,(H,17,18). The van der Waals surface area contributed by atoms with Crippen LogP contribution in [0.5, 0.6) is 0 Å². The van der Waals surface area contributed by atoms with E-state index in [2.05, 4.69) is 4.72 Å². The number of hydrogen-bond acceptors (Lipinski definition) is 5. The van der Waals surface area contributed by atoms with Gasteiger partial charge in [0.2, 0.25) is 5.76 Å². The fraction of sp³-hybridized carbons (Fsp3) is 0.214. The number of carbonyl (C=O) groups is 1. The molecule has 2 aromatic rings. The highest BCUT2D eigenvalue weighted by molar-refractivity contribution is 7.92. The lowest BCUT2D eigenvalue weighted by Crippen LogP contribution is -2.15. The van der Waals surface area contributed by atoms with Gasteiger partial charge in [-0.15, -0.1) is 0 Å². The third-order valence-electron chi connectivity index (χ3n) is 2.98. The maximum atomic E-state index is 13.3. The fourth-order valence-corrected chi connectivity index (χ4v) is 3.25. The van der Waals surface area contributed by atoms with Gasteiger partial charge in [-0.3, -0.25) is 4.72 Å². The molecule has 1 heterocycles. The van der Waals surface area contributed by atoms with E-state index in [1.807, 2.05) is 0 Å². The van der Waals surface area contributed by atoms with Crippen LogP contribution in [0, 0.1) is 12.7 Å². The Labute approximate surface area is 131 Å². The van der Waals surface area contributed by atoms with Crippen LogP contribution in [0.25, 0.3) is 0 Å². The number of aromatic carboxylic acids is 1. The Morgan fingerprint density at radius 1 is 1.39 bits per heavy atom. The maximum absolute atomic E-state index is 13.3. The first-order chi connectivity index (χ1) is 10.7. The molecule has 0 fully saturated rings. The molecule has 2 N–H and O–H groups in total. The van der Waals surface area contributed by atoms with Crippen LogP contribution in [0.3, 0.4) is 0 Å². The second kappa shape index (κ2) is 6.39. The van der Waals surface area contributed by atoms with Crippen molar-refractivity contribution in [2.75, 3.05) is 11.8 Å². The molecule has 0 amide bonds. The number of aryl methyl sites for hydroxylation is 1. The van der Waals surface area contributed by atoms with Gasteiger partial charge in [0.1, 0.15) is 16.5 Å². The Morgan fingerprint density at radius 2 is 2.09 bits per heavy atom. The van der Waals surface area contributed by atoms with Gasteiger partial charge in [-0.1, -0.05) is 0 Å². The quantitative estimate of drug-likeness (QED) is 0.834. The highest BCUT2D eigenvalue weighted by atomic mass is 32.2. The van der Waals surface area contributed by atoms with Crippen LogP contribution in [0.2, 0.25) is 0 Å². The van der Waals surface area contributed by atoms with Crippen molar-refractivity contribution in [2.24, 2.45) is 0 Å². The van der Waals surface area contributed by atoms with Gasteiger partial charge in [0.15, 0.2) is 0 Å². The predicted molar refractivity (Wildman–Crippen MR) is 78.3 cm³/mol. The number of rotatable bonds is 6. The normalized spacial score (nSPS) is 11.4. The van der Waals surface area contributed by atoms with E-state index in [0.29, 0.717) is 5.56 Å². The van der Waals surface area contributed by atoms with Crippen molar-refractivity contribution < 1.29 is 31.9 Å². The molecule has 0 atom stereocenters. The van der Waals surface area contributed by atoms with Crippen LogP contribution in [0.15, 0.2) is 33.6 Å². The summed E-state index contributed by atoms with van der Waals surface area (Å²) in [6.45, 7) is 1.34. The Bertz CT molecular complexity index is 843. The molecule has 0 radical (unpaired) electrons. The molecule has 0 bridgehead atoms. The van der Waals surface area contributed by atoms with Crippen LogP contribution < -0.4 is 4.72 Å². The van der Waals surface area contributed by atoms with Crippen LogP contribution in [0.4, 0.5) is 10.1 Å². The largest absolute Gasteiger partial charge is 0.475 e. The van der Waals surface area contributed by atoms with Crippen LogP contribution in [-0.4, -0.2) is 26.6 Å². The van der Waals surface area contributed by atoms with Gasteiger partial charge in [-0.2, -0.15) is 0 Å². The third-order valence-corrected chi connectivity index (χ3v) is 4.46. The fourth-order valence-electron chi connectivity index (χ4n) is 1.97. The molecule has 9 heteroatoms. The van der Waals surface area contributed by atoms with Gasteiger partial charge in [-0.05, 0) is 25.1 Å². The summed E-state index contributed by atoms with van der Waals surface area (Å²) in [5.41, 5.74) is 0.432. The average molecular weight is 343 g/mol. The molecule has 2 rings (SSSR count). The Kier molecular flexibility index (Phi) is 4.71. The summed E-state index contributed by atoms with van der Waals surface area (Å²) in [5, 5.41) is 8.86. The van der Waals surface area contributed by atoms with E-state index in [1.165, 1.54) is 20.1 Å². The second-order valence-corrected chi connectivity index (χ2v) is 6.33. The average Bonchev–Trinajstić information content (AvgIpc) is 2.85. The first-order valence-corrected chi connectivity index (χ1v) is 7.87. The van der Waals surface area contributed by atoms with E-state index in [9.17, 15) is 17.6 Å². The van der Waals surface area contributed by atoms with Gasteiger partial charge in [-0.25, -0.2) is 17.6 Å². The zero-order chi connectivity index (χ0) is 17.2. The number of ether oxygens (including phenoxy) is 1. The summed E-state index contributed by atoms with van der Waals surface area (Å²) in [6.07, 6.45) is 0. The molecule has 0 aliphatic carbocycles. The molecule has 0 unspecified atom stereocenters. The molecule has 0 spiro atoms. The van der Waals surface area contributed by atoms with Crippen LogP contribution in [-0.2, 0) is 21.4 Å². The minimum atomic E-state index is -4.10. The lowest BCUT2D eigenvalue weighted by atomic mass is 10.2. The van der Waals surface area contributed by atoms with E-state index in [-0.39, 0.29) is 22.9 Å². The number of nitrogens with one attached hydrogen (secondary N) is 1. The Balaban J connectivity index is 2.41. The topological polar surface area (TPSA) is 106 Å². The smallest absolute Gasteiger partial charge is 0.371 e. The van der Waals surface area contributed by atoms with Crippen molar-refractivity contribution in [2.45, 2.75) is 18.4 Å². The van der Waals surface area contributed by atoms with Gasteiger partial charge in [0.25, 0.3) is 10.0 Å². The van der Waals surface area contributed by atoms with Crippen LogP contribution in [0.1, 0.15) is 21.9 Å². The number of hydrogen-bond donors (Lipinski definition) is 2. The van der Waals surface area contributed by atoms with Crippen molar-refractivity contribution >= 4 is 21.7 Å². The SMILES string of the molecule is COCc1cc(F)ccc1NS(=O)(=O)c1cc(C(=O)O)oc1C. The first kappa shape index (κ1) is 17.0. The van der Waals surface area contributed by atoms with E-state index in [4.69, 9.17) is 14.3 Å². The molecular weight excluding hydrogens is 329 g/mol. The monoisotopic (exact) mass is 343 g/mol. The highest BCUT2D eigenvalue weighted by Gasteiger charge is 2.24. The zero-order valence-electron chi connectivity index (χ0n) is 12.3. The highest BCUT2D eigenvalue weighted by Crippen LogP contribution is 2.25. The summed E-state index contributed by atoms with van der Waals surface area (Å²) in [5.74, 6) is -2.46. The van der Waals surface area contributed by atoms with Gasteiger partial charge in [0.05, 0.1) is 12.3 Å². The molecule has 1 aromatic heterocycles. The number of carboxylic acids is 1. The molecule has 124 valence electrons. The molecule has 0 aliphatic rings. The van der Waals surface area contributed by atoms with Gasteiger partial charge >= 0.3 is 5.97 Å². The summed E-state index contributed by atoms with van der Waals surface area (Å²) in [4.78, 5) is 10.6. The molecule has 1 aromatic carbocycles. The van der Waals surface area contributed by atoms with E-state index >= 15 is 0 Å². The summed E-state index contributed by atoms with van der Waals surface area (Å²) in [6, 6.07) is 4.42. The third kappa shape index (κ3) is 3.69. The number of sulfonamides is 1. The summed E-state index contributed by atoms with van der Waals surface area (Å²) in [7, 11) is -2.70. The summed E-state index contributed by atoms with van der Waals surface area (Å²) < 4.78 is 50.2. The van der Waals surface area contributed by atoms with Crippen molar-refractivity contribution in [1.82, 2.24) is 0 Å². The van der Waals surface area contributed by atoms with Crippen molar-refractivity contribution in [1.29, 1.82) is 0 Å². The predicted octanol–water partition coefficient (Wildman–Crippen LogP) is 2.37. The van der Waals surface area contributed by atoms with Crippen molar-refractivity contribution in [3.8, 4) is 0 Å². The molecule has 0 aliphatic heterocycles. The van der Waals surface area contributed by atoms with E-state index < -0.39 is 27.6 Å². The minimum Gasteiger partial charge on any atom is -0.475 e. The second-order valence-electron chi connectivity index (χ2n) is 4.68. The number of furan rings is 1. The van der Waals surface area contributed by atoms with Crippen LogP contribution >= 0.6 is 0 Å². The molecule has 23 heavy (non-hydrogen) atoms. The lowest BCUT2D eigenvalue weighted by molar-refractivity contribution is 0.0661. The number of benzene rings is 1. The Morgan fingerprint density at radius 3 is 2.65 bits per heavy atom. The number of halogens is 1. The van der Waals surface area contributed by atoms with E-state index in [0.717, 1.165) is 18.2 Å². The molecular formula is C14H14FNO6S. The lowest BCUT2D eigenvalue weighted by Gasteiger charge is -2.12. The minimum absolute atomic E-state index is 0.000355. The molecule has 0 saturated carbocycles. The number of methoxy groups -OCH3 is 1. The van der Waals surface area contributed by atoms with Gasteiger partial charge < -0.3 is 14.3 Å². The first-order valence-electron chi connectivity index (χ1n) is 6.38. The Hall–Kier alpha value is -2.39. The maximum Gasteiger partial charge on any atom is 0.371 e. The number of anilines is 1.